The van der Waals surface area contributed by atoms with Crippen LogP contribution in [0.25, 0.3) is 0 Å². The molecular formula is C44H64N9O24P2+. The van der Waals surface area contributed by atoms with Gasteiger partial charge in [-0.1, -0.05) is 0 Å². The summed E-state index contributed by atoms with van der Waals surface area (Å²) >= 11 is 0. The van der Waals surface area contributed by atoms with Gasteiger partial charge < -0.3 is 73.5 Å². The van der Waals surface area contributed by atoms with Crippen molar-refractivity contribution >= 4 is 33.3 Å². The molecule has 3 aromatic heterocycles. The number of aliphatic hydroxyl groups excluding tert-OH is 2. The molecule has 3 aliphatic rings. The zero-order valence-corrected chi connectivity index (χ0v) is 45.3. The summed E-state index contributed by atoms with van der Waals surface area (Å²) in [6, 6.07) is 3.02. The number of carbonyl (C=O) groups is 3. The van der Waals surface area contributed by atoms with Crippen LogP contribution in [0, 0.1) is 0 Å². The van der Waals surface area contributed by atoms with Crippen LogP contribution in [0.15, 0.2) is 65.6 Å². The third-order valence-electron chi connectivity index (χ3n) is 12.7. The Morgan fingerprint density at radius 2 is 1.08 bits per heavy atom. The minimum Gasteiger partial charge on any atom is -0.394 e. The van der Waals surface area contributed by atoms with Gasteiger partial charge in [0, 0.05) is 84.1 Å². The quantitative estimate of drug-likeness (QED) is 0.0313. The number of hydrogen-bond acceptors (Lipinski definition) is 23. The third-order valence-corrected chi connectivity index (χ3v) is 15.8. The van der Waals surface area contributed by atoms with Gasteiger partial charge in [0.15, 0.2) is 24.0 Å². The van der Waals surface area contributed by atoms with E-state index in [1.165, 1.54) is 28.1 Å². The Balaban J connectivity index is 1.25. The minimum atomic E-state index is -5.17. The van der Waals surface area contributed by atoms with Crippen molar-refractivity contribution in [2.24, 2.45) is 0 Å². The number of amides is 3. The van der Waals surface area contributed by atoms with Gasteiger partial charge in [-0.3, -0.25) is 62.0 Å². The second-order valence-corrected chi connectivity index (χ2v) is 22.3. The van der Waals surface area contributed by atoms with Crippen molar-refractivity contribution in [3.05, 3.63) is 99.3 Å². The number of rotatable bonds is 28. The van der Waals surface area contributed by atoms with Crippen molar-refractivity contribution in [1.29, 1.82) is 0 Å². The summed E-state index contributed by atoms with van der Waals surface area (Å²) in [4.78, 5) is 129. The molecule has 3 amide bonds. The van der Waals surface area contributed by atoms with Crippen LogP contribution >= 0.6 is 15.6 Å². The molecule has 33 nitrogen and oxygen atoms in total. The number of ether oxygens (including phenoxy) is 8. The van der Waals surface area contributed by atoms with Gasteiger partial charge in [0.25, 0.3) is 22.5 Å². The molecule has 438 valence electrons. The van der Waals surface area contributed by atoms with Crippen LogP contribution < -0.4 is 49.7 Å². The molecule has 3 saturated heterocycles. The predicted molar refractivity (Wildman–Crippen MR) is 267 cm³/mol. The highest BCUT2D eigenvalue weighted by molar-refractivity contribution is 7.54. The van der Waals surface area contributed by atoms with Crippen molar-refractivity contribution in [2.45, 2.75) is 125 Å². The zero-order chi connectivity index (χ0) is 57.9. The fourth-order valence-corrected chi connectivity index (χ4v) is 10.1. The predicted octanol–water partition coefficient (Wildman–Crippen LogP) is -3.94. The zero-order valence-electron chi connectivity index (χ0n) is 43.5. The van der Waals surface area contributed by atoms with Crippen molar-refractivity contribution in [3.8, 4) is 0 Å². The molecule has 0 aromatic carbocycles. The van der Waals surface area contributed by atoms with Gasteiger partial charge >= 0.3 is 32.7 Å². The molecule has 15 unspecified atom stereocenters. The van der Waals surface area contributed by atoms with Gasteiger partial charge in [-0.2, -0.15) is 0 Å². The molecule has 6 rings (SSSR count). The lowest BCUT2D eigenvalue weighted by Gasteiger charge is -2.35. The van der Waals surface area contributed by atoms with E-state index in [4.69, 9.17) is 46.9 Å². The Hall–Kier alpha value is -5.74. The van der Waals surface area contributed by atoms with Crippen LogP contribution in [-0.2, 0) is 70.5 Å². The highest BCUT2D eigenvalue weighted by atomic mass is 31.2. The highest BCUT2D eigenvalue weighted by Gasteiger charge is 2.56. The Morgan fingerprint density at radius 1 is 0.671 bits per heavy atom. The molecule has 3 aromatic rings. The molecule has 3 aliphatic heterocycles. The third kappa shape index (κ3) is 15.4. The molecule has 0 bridgehead atoms. The van der Waals surface area contributed by atoms with Gasteiger partial charge in [0.2, 0.25) is 17.7 Å². The monoisotopic (exact) mass is 1160 g/mol. The first-order chi connectivity index (χ1) is 37.4. The van der Waals surface area contributed by atoms with Crippen molar-refractivity contribution in [3.63, 3.8) is 0 Å². The number of carbonyl (C=O) groups excluding carboxylic acids is 3. The molecule has 0 spiro atoms. The lowest BCUT2D eigenvalue weighted by Crippen LogP contribution is -2.45. The fourth-order valence-electron chi connectivity index (χ4n) is 8.45. The highest BCUT2D eigenvalue weighted by Crippen LogP contribution is 2.58. The lowest BCUT2D eigenvalue weighted by molar-refractivity contribution is -0.129. The normalized spacial score (nSPS) is 27.3. The maximum atomic E-state index is 14.4. The number of aliphatic hydroxyl groups is 2. The van der Waals surface area contributed by atoms with E-state index in [9.17, 15) is 67.4 Å². The van der Waals surface area contributed by atoms with E-state index in [-0.39, 0.29) is 39.1 Å². The smallest absolute Gasteiger partial charge is 0.394 e. The topological polar surface area (TPSA) is 439 Å². The average molecular weight is 1160 g/mol. The number of nitrogens with one attached hydrogen (secondary N) is 6. The van der Waals surface area contributed by atoms with Crippen molar-refractivity contribution in [1.82, 2.24) is 44.6 Å². The van der Waals surface area contributed by atoms with Crippen molar-refractivity contribution in [2.75, 3.05) is 60.8 Å². The van der Waals surface area contributed by atoms with Crippen LogP contribution in [0.5, 0.6) is 0 Å². The first kappa shape index (κ1) is 62.5. The fraction of sp³-hybridized carbons (Fsp3) is 0.659. The largest absolute Gasteiger partial charge is 0.540 e. The first-order valence-electron chi connectivity index (χ1n) is 24.5. The molecule has 9 N–H and O–H groups in total. The molecule has 0 radical (unpaired) electrons. The van der Waals surface area contributed by atoms with Crippen LogP contribution in [0.2, 0.25) is 0 Å². The molecule has 0 aliphatic carbocycles. The van der Waals surface area contributed by atoms with Crippen molar-refractivity contribution < 1.29 is 85.6 Å². The number of aromatic nitrogens is 6. The van der Waals surface area contributed by atoms with Gasteiger partial charge in [-0.15, -0.1) is 4.52 Å². The van der Waals surface area contributed by atoms with Gasteiger partial charge in [-0.05, 0) is 18.4 Å². The van der Waals surface area contributed by atoms with E-state index in [2.05, 4.69) is 30.9 Å². The standard InChI is InChI=1S/C44H63N9O24P2/c1-22(73-33-23(19-54)74-39(36(33)69-17-11-27(56)46-5)52-14-8-30(59)49-42(52)63)78(65)71-20-25-34(37(70-18-12-28(57)47-6)40(76-25)53-15-9-31(60)50-43(53)64)77-44(2,3)79(66,67)72-21-24-32(61)35(68-16-10-26(55)45-4)38(75-24)51-13-7-29(58)48-41(51)62/h7-9,13-15,22-25,32-40,54,61H,10-12,16-21H2,1-6H3,(H6-,45,46,47,48,49,50,55,56,57,58,59,60,62,63,64,66,67)/p+1. The summed E-state index contributed by atoms with van der Waals surface area (Å²) in [7, 11) is -4.00. The maximum absolute atomic E-state index is 14.4. The summed E-state index contributed by atoms with van der Waals surface area (Å²) in [5, 5.41) is 26.8. The van der Waals surface area contributed by atoms with E-state index in [0.717, 1.165) is 64.3 Å². The molecular weight excluding hydrogens is 1100 g/mol. The van der Waals surface area contributed by atoms with E-state index in [0.29, 0.717) is 0 Å². The Morgan fingerprint density at radius 3 is 1.51 bits per heavy atom. The average Bonchev–Trinajstić information content (AvgIpc) is 4.08. The van der Waals surface area contributed by atoms with Crippen LogP contribution in [0.4, 0.5) is 0 Å². The van der Waals surface area contributed by atoms with Crippen LogP contribution in [0.1, 0.15) is 58.7 Å². The minimum absolute atomic E-state index is 0.161. The van der Waals surface area contributed by atoms with Gasteiger partial charge in [0.1, 0.15) is 61.5 Å². The Labute approximate surface area is 447 Å². The second kappa shape index (κ2) is 27.6. The second-order valence-electron chi connectivity index (χ2n) is 18.3. The Kier molecular flexibility index (Phi) is 21.8. The summed E-state index contributed by atoms with van der Waals surface area (Å²) in [5.74, 6) is -2.73. The number of hydrogen-bond donors (Lipinski definition) is 9. The first-order valence-corrected chi connectivity index (χ1v) is 27.3. The summed E-state index contributed by atoms with van der Waals surface area (Å²) in [6.45, 7) is 0.349. The van der Waals surface area contributed by atoms with Gasteiger partial charge in [0.05, 0.1) is 33.0 Å². The van der Waals surface area contributed by atoms with E-state index < -0.39 is 172 Å². The lowest BCUT2D eigenvalue weighted by atomic mass is 10.1. The van der Waals surface area contributed by atoms with E-state index in [1.54, 1.807) is 0 Å². The van der Waals surface area contributed by atoms with E-state index in [1.807, 2.05) is 0 Å². The number of aromatic amines is 3. The number of H-pyrrole nitrogens is 3. The molecule has 79 heavy (non-hydrogen) atoms. The van der Waals surface area contributed by atoms with E-state index >= 15 is 0 Å². The summed E-state index contributed by atoms with van der Waals surface area (Å²) < 4.78 is 91.2. The Bertz CT molecular complexity index is 3030. The molecule has 35 heteroatoms. The molecule has 3 fully saturated rings. The van der Waals surface area contributed by atoms with Crippen LogP contribution in [0.3, 0.4) is 0 Å². The SMILES string of the molecule is CNC(=O)CCOC1C(O)C(COP(=O)(O)C(C)(C)OC2C(CO[P+](=O)C(C)OC3C(CO)OC(n4ccc(=O)[nH]c4=O)C3OCCC(=O)NC)OC(n3ccc(=O)[nH]c3=O)C2OCCC(=O)NC)OC1n1ccc(=O)[nH]c1=O. The van der Waals surface area contributed by atoms with Crippen LogP contribution in [-0.4, -0.2) is 188 Å². The summed E-state index contributed by atoms with van der Waals surface area (Å²) in [6.07, 6.45) is -14.8. The summed E-state index contributed by atoms with van der Waals surface area (Å²) in [5.41, 5.74) is -5.16. The number of nitrogens with zero attached hydrogens (tertiary/aromatic N) is 3. The molecule has 15 atom stereocenters. The molecule has 0 saturated carbocycles. The van der Waals surface area contributed by atoms with Gasteiger partial charge in [-0.25, -0.2) is 14.4 Å². The maximum Gasteiger partial charge on any atom is 0.540 e. The molecule has 6 heterocycles.